The highest BCUT2D eigenvalue weighted by atomic mass is 16.5. The highest BCUT2D eigenvalue weighted by molar-refractivity contribution is 5.98. The molecule has 1 aliphatic rings. The molecule has 2 amide bonds. The van der Waals surface area contributed by atoms with Crippen LogP contribution in [0.5, 0.6) is 0 Å². The maximum atomic E-state index is 12.0. The van der Waals surface area contributed by atoms with Crippen LogP contribution in [0.4, 0.5) is 5.69 Å². The second kappa shape index (κ2) is 7.22. The molecule has 1 saturated heterocycles. The van der Waals surface area contributed by atoms with Gasteiger partial charge in [0.1, 0.15) is 6.54 Å². The fourth-order valence-corrected chi connectivity index (χ4v) is 2.46. The molecular weight excluding hydrogens is 268 g/mol. The van der Waals surface area contributed by atoms with Gasteiger partial charge >= 0.3 is 0 Å². The second-order valence-corrected chi connectivity index (χ2v) is 5.33. The van der Waals surface area contributed by atoms with Gasteiger partial charge in [-0.1, -0.05) is 18.2 Å². The molecule has 0 saturated carbocycles. The van der Waals surface area contributed by atoms with Crippen molar-refractivity contribution in [2.45, 2.75) is 32.8 Å². The molecule has 21 heavy (non-hydrogen) atoms. The molecule has 0 aromatic heterocycles. The fourth-order valence-electron chi connectivity index (χ4n) is 2.46. The third kappa shape index (κ3) is 4.29. The number of nitrogens with zero attached hydrogens (tertiary/aromatic N) is 1. The highest BCUT2D eigenvalue weighted by Crippen LogP contribution is 2.19. The minimum Gasteiger partial charge on any atom is -0.376 e. The summed E-state index contributed by atoms with van der Waals surface area (Å²) >= 11 is 0. The number of carbonyl (C=O) groups is 2. The van der Waals surface area contributed by atoms with Gasteiger partial charge in [0.05, 0.1) is 6.10 Å². The predicted molar refractivity (Wildman–Crippen MR) is 81.2 cm³/mol. The molecule has 1 aliphatic heterocycles. The molecule has 2 rings (SSSR count). The van der Waals surface area contributed by atoms with Crippen LogP contribution in [0.15, 0.2) is 24.3 Å². The van der Waals surface area contributed by atoms with Gasteiger partial charge in [0.25, 0.3) is 0 Å². The summed E-state index contributed by atoms with van der Waals surface area (Å²) in [6.07, 6.45) is 2.14. The zero-order chi connectivity index (χ0) is 15.2. The van der Waals surface area contributed by atoms with E-state index in [1.54, 1.807) is 0 Å². The Balaban J connectivity index is 1.94. The van der Waals surface area contributed by atoms with Crippen molar-refractivity contribution >= 4 is 17.5 Å². The van der Waals surface area contributed by atoms with Crippen molar-refractivity contribution in [3.05, 3.63) is 29.8 Å². The van der Waals surface area contributed by atoms with E-state index in [1.165, 1.54) is 11.8 Å². The number of aryl methyl sites for hydroxylation is 1. The molecule has 1 aromatic rings. The lowest BCUT2D eigenvalue weighted by molar-refractivity contribution is -0.123. The van der Waals surface area contributed by atoms with Gasteiger partial charge < -0.3 is 15.0 Å². The average Bonchev–Trinajstić information content (AvgIpc) is 2.96. The first kappa shape index (κ1) is 15.5. The molecule has 0 radical (unpaired) electrons. The van der Waals surface area contributed by atoms with Gasteiger partial charge in [0.15, 0.2) is 0 Å². The molecule has 0 spiro atoms. The van der Waals surface area contributed by atoms with Crippen LogP contribution >= 0.6 is 0 Å². The summed E-state index contributed by atoms with van der Waals surface area (Å²) in [5.74, 6) is -0.305. The molecule has 5 nitrogen and oxygen atoms in total. The summed E-state index contributed by atoms with van der Waals surface area (Å²) in [4.78, 5) is 25.4. The van der Waals surface area contributed by atoms with Crippen molar-refractivity contribution in [1.82, 2.24) is 5.32 Å². The predicted octanol–water partition coefficient (Wildman–Crippen LogP) is 1.64. The van der Waals surface area contributed by atoms with E-state index in [9.17, 15) is 9.59 Å². The minimum absolute atomic E-state index is 0.0346. The fraction of sp³-hybridized carbons (Fsp3) is 0.500. The normalized spacial score (nSPS) is 17.5. The number of nitrogens with one attached hydrogen (secondary N) is 1. The first-order chi connectivity index (χ1) is 10.1. The smallest absolute Gasteiger partial charge is 0.240 e. The molecule has 0 bridgehead atoms. The second-order valence-electron chi connectivity index (χ2n) is 5.33. The number of ether oxygens (including phenoxy) is 1. The Morgan fingerprint density at radius 2 is 2.14 bits per heavy atom. The molecular formula is C16H22N2O3. The van der Waals surface area contributed by atoms with E-state index in [0.717, 1.165) is 30.7 Å². The van der Waals surface area contributed by atoms with E-state index in [1.807, 2.05) is 31.2 Å². The molecule has 5 heteroatoms. The van der Waals surface area contributed by atoms with Crippen LogP contribution in [0.1, 0.15) is 25.3 Å². The van der Waals surface area contributed by atoms with E-state index in [0.29, 0.717) is 6.54 Å². The number of benzene rings is 1. The lowest BCUT2D eigenvalue weighted by Gasteiger charge is -2.23. The Bertz CT molecular complexity index is 510. The van der Waals surface area contributed by atoms with Gasteiger partial charge in [-0.2, -0.15) is 0 Å². The molecule has 1 heterocycles. The lowest BCUT2D eigenvalue weighted by Crippen LogP contribution is -2.42. The van der Waals surface area contributed by atoms with Gasteiger partial charge in [0, 0.05) is 25.8 Å². The summed E-state index contributed by atoms with van der Waals surface area (Å²) < 4.78 is 5.46. The van der Waals surface area contributed by atoms with Gasteiger partial charge in [-0.05, 0) is 31.4 Å². The Hall–Kier alpha value is -1.88. The van der Waals surface area contributed by atoms with Crippen molar-refractivity contribution < 1.29 is 14.3 Å². The summed E-state index contributed by atoms with van der Waals surface area (Å²) in [6.45, 7) is 4.71. The minimum atomic E-state index is -0.163. The first-order valence-corrected chi connectivity index (χ1v) is 7.30. The quantitative estimate of drug-likeness (QED) is 0.897. The monoisotopic (exact) mass is 290 g/mol. The standard InChI is InChI=1S/C16H22N2O3/c1-12-6-3-4-8-15(12)18(13(2)19)11-16(20)17-10-14-7-5-9-21-14/h3-4,6,8,14H,5,7,9-11H2,1-2H3,(H,17,20). The van der Waals surface area contributed by atoms with Crippen molar-refractivity contribution in [2.24, 2.45) is 0 Å². The Morgan fingerprint density at radius 3 is 2.76 bits per heavy atom. The van der Waals surface area contributed by atoms with E-state index in [-0.39, 0.29) is 24.5 Å². The van der Waals surface area contributed by atoms with Crippen LogP contribution in [0.2, 0.25) is 0 Å². The number of amides is 2. The maximum absolute atomic E-state index is 12.0. The summed E-state index contributed by atoms with van der Waals surface area (Å²) in [7, 11) is 0. The molecule has 0 aliphatic carbocycles. The van der Waals surface area contributed by atoms with Gasteiger partial charge in [-0.3, -0.25) is 9.59 Å². The molecule has 1 N–H and O–H groups in total. The van der Waals surface area contributed by atoms with Crippen LogP contribution in [-0.4, -0.2) is 37.6 Å². The zero-order valence-corrected chi connectivity index (χ0v) is 12.6. The number of rotatable bonds is 5. The Morgan fingerprint density at radius 1 is 1.38 bits per heavy atom. The topological polar surface area (TPSA) is 58.6 Å². The third-order valence-corrected chi connectivity index (χ3v) is 3.64. The van der Waals surface area contributed by atoms with E-state index in [4.69, 9.17) is 4.74 Å². The van der Waals surface area contributed by atoms with Crippen LogP contribution in [-0.2, 0) is 14.3 Å². The molecule has 1 aromatic carbocycles. The summed E-state index contributed by atoms with van der Waals surface area (Å²) in [5.41, 5.74) is 1.75. The Labute approximate surface area is 125 Å². The number of anilines is 1. The third-order valence-electron chi connectivity index (χ3n) is 3.64. The van der Waals surface area contributed by atoms with Crippen LogP contribution in [0, 0.1) is 6.92 Å². The first-order valence-electron chi connectivity index (χ1n) is 7.30. The maximum Gasteiger partial charge on any atom is 0.240 e. The van der Waals surface area contributed by atoms with E-state index < -0.39 is 0 Å². The number of hydrogen-bond acceptors (Lipinski definition) is 3. The number of carbonyl (C=O) groups excluding carboxylic acids is 2. The van der Waals surface area contributed by atoms with Crippen molar-refractivity contribution in [1.29, 1.82) is 0 Å². The molecule has 1 unspecified atom stereocenters. The number of hydrogen-bond donors (Lipinski definition) is 1. The van der Waals surface area contributed by atoms with Crippen molar-refractivity contribution in [3.63, 3.8) is 0 Å². The Kier molecular flexibility index (Phi) is 5.33. The summed E-state index contributed by atoms with van der Waals surface area (Å²) in [6, 6.07) is 7.55. The molecule has 114 valence electrons. The van der Waals surface area contributed by atoms with Crippen LogP contribution < -0.4 is 10.2 Å². The van der Waals surface area contributed by atoms with Gasteiger partial charge in [-0.25, -0.2) is 0 Å². The van der Waals surface area contributed by atoms with Gasteiger partial charge in [0.2, 0.25) is 11.8 Å². The lowest BCUT2D eigenvalue weighted by atomic mass is 10.2. The van der Waals surface area contributed by atoms with E-state index >= 15 is 0 Å². The van der Waals surface area contributed by atoms with Crippen molar-refractivity contribution in [2.75, 3.05) is 24.6 Å². The van der Waals surface area contributed by atoms with Crippen molar-refractivity contribution in [3.8, 4) is 0 Å². The highest BCUT2D eigenvalue weighted by Gasteiger charge is 2.19. The van der Waals surface area contributed by atoms with Crippen LogP contribution in [0.25, 0.3) is 0 Å². The molecule has 1 atom stereocenters. The zero-order valence-electron chi connectivity index (χ0n) is 12.6. The average molecular weight is 290 g/mol. The largest absolute Gasteiger partial charge is 0.376 e. The van der Waals surface area contributed by atoms with Crippen LogP contribution in [0.3, 0.4) is 0 Å². The molecule has 1 fully saturated rings. The van der Waals surface area contributed by atoms with E-state index in [2.05, 4.69) is 5.32 Å². The number of para-hydroxylation sites is 1. The van der Waals surface area contributed by atoms with Gasteiger partial charge in [-0.15, -0.1) is 0 Å². The SMILES string of the molecule is CC(=O)N(CC(=O)NCC1CCCO1)c1ccccc1C. The summed E-state index contributed by atoms with van der Waals surface area (Å²) in [5, 5.41) is 2.84.